The smallest absolute Gasteiger partial charge is 0.305 e. The molecule has 2 aromatic rings. The van der Waals surface area contributed by atoms with Crippen molar-refractivity contribution < 1.29 is 18.3 Å². The molecule has 0 radical (unpaired) electrons. The molecule has 2 rings (SSSR count). The molecule has 7 nitrogen and oxygen atoms in total. The number of nitrogens with zero attached hydrogens (tertiary/aromatic N) is 3. The minimum atomic E-state index is -3.95. The third kappa shape index (κ3) is 3.59. The summed E-state index contributed by atoms with van der Waals surface area (Å²) in [7, 11) is -3.95. The summed E-state index contributed by atoms with van der Waals surface area (Å²) >= 11 is 0. The van der Waals surface area contributed by atoms with E-state index in [-0.39, 0.29) is 18.0 Å². The van der Waals surface area contributed by atoms with Gasteiger partial charge in [0.05, 0.1) is 12.1 Å². The van der Waals surface area contributed by atoms with Gasteiger partial charge in [-0.05, 0) is 32.4 Å². The lowest BCUT2D eigenvalue weighted by molar-refractivity contribution is -0.136. The average molecular weight is 351 g/mol. The molecule has 1 aromatic carbocycles. The minimum Gasteiger partial charge on any atom is -0.481 e. The maximum atomic E-state index is 13.0. The van der Waals surface area contributed by atoms with E-state index in [0.29, 0.717) is 18.1 Å². The fourth-order valence-electron chi connectivity index (χ4n) is 2.45. The number of sulfonamides is 1. The second kappa shape index (κ2) is 7.04. The van der Waals surface area contributed by atoms with Crippen LogP contribution in [0.15, 0.2) is 35.5 Å². The van der Waals surface area contributed by atoms with Crippen LogP contribution in [0.4, 0.5) is 5.69 Å². The number of hydrogen-bond donors (Lipinski definition) is 1. The van der Waals surface area contributed by atoms with Gasteiger partial charge >= 0.3 is 5.97 Å². The Morgan fingerprint density at radius 1 is 1.29 bits per heavy atom. The first-order valence-corrected chi connectivity index (χ1v) is 9.05. The summed E-state index contributed by atoms with van der Waals surface area (Å²) in [5, 5.41) is 8.89. The minimum absolute atomic E-state index is 0.0736. The van der Waals surface area contributed by atoms with E-state index in [1.54, 1.807) is 42.7 Å². The number of carboxylic acid groups (broad SMARTS) is 1. The molecule has 0 aliphatic heterocycles. The van der Waals surface area contributed by atoms with Gasteiger partial charge in [0.2, 0.25) is 0 Å². The molecule has 0 atom stereocenters. The van der Waals surface area contributed by atoms with E-state index in [2.05, 4.69) is 4.98 Å². The molecule has 0 aliphatic rings. The van der Waals surface area contributed by atoms with Crippen molar-refractivity contribution >= 4 is 21.7 Å². The Bertz CT molecular complexity index is 843. The number of aryl methyl sites for hydroxylation is 3. The van der Waals surface area contributed by atoms with Gasteiger partial charge in [0.1, 0.15) is 5.82 Å². The van der Waals surface area contributed by atoms with Gasteiger partial charge in [-0.1, -0.05) is 18.2 Å². The fraction of sp³-hybridized carbons (Fsp3) is 0.375. The van der Waals surface area contributed by atoms with Gasteiger partial charge in [0, 0.05) is 19.3 Å². The van der Waals surface area contributed by atoms with Crippen LogP contribution in [0, 0.1) is 13.8 Å². The lowest BCUT2D eigenvalue weighted by Gasteiger charge is -2.24. The summed E-state index contributed by atoms with van der Waals surface area (Å²) < 4.78 is 28.9. The Hall–Kier alpha value is -2.35. The van der Waals surface area contributed by atoms with Crippen molar-refractivity contribution in [2.24, 2.45) is 0 Å². The van der Waals surface area contributed by atoms with E-state index in [9.17, 15) is 13.2 Å². The maximum absolute atomic E-state index is 13.0. The van der Waals surface area contributed by atoms with E-state index >= 15 is 0 Å². The van der Waals surface area contributed by atoms with Crippen LogP contribution in [0.1, 0.15) is 24.7 Å². The molecule has 1 N–H and O–H groups in total. The molecule has 1 heterocycles. The predicted molar refractivity (Wildman–Crippen MR) is 90.6 cm³/mol. The predicted octanol–water partition coefficient (Wildman–Crippen LogP) is 2.19. The Kier molecular flexibility index (Phi) is 5.28. The zero-order valence-corrected chi connectivity index (χ0v) is 14.7. The molecule has 0 spiro atoms. The van der Waals surface area contributed by atoms with Gasteiger partial charge in [-0.3, -0.25) is 9.10 Å². The SMILES string of the molecule is CCn1cc(S(=O)(=O)N(CCC(=O)O)c2ccccc2C)nc1C. The number of aliphatic carboxylic acids is 1. The highest BCUT2D eigenvalue weighted by molar-refractivity contribution is 7.92. The highest BCUT2D eigenvalue weighted by Crippen LogP contribution is 2.26. The summed E-state index contributed by atoms with van der Waals surface area (Å²) in [4.78, 5) is 15.1. The quantitative estimate of drug-likeness (QED) is 0.825. The molecule has 0 saturated carbocycles. The van der Waals surface area contributed by atoms with Crippen LogP contribution in [0.3, 0.4) is 0 Å². The molecule has 0 bridgehead atoms. The molecule has 0 fully saturated rings. The largest absolute Gasteiger partial charge is 0.481 e. The molecule has 130 valence electrons. The highest BCUT2D eigenvalue weighted by Gasteiger charge is 2.29. The number of carboxylic acids is 1. The monoisotopic (exact) mass is 351 g/mol. The molecule has 0 amide bonds. The molecular weight excluding hydrogens is 330 g/mol. The first kappa shape index (κ1) is 18.0. The van der Waals surface area contributed by atoms with Crippen LogP contribution in [0.5, 0.6) is 0 Å². The molecule has 0 unspecified atom stereocenters. The molecule has 8 heteroatoms. The van der Waals surface area contributed by atoms with E-state index in [4.69, 9.17) is 5.11 Å². The topological polar surface area (TPSA) is 92.5 Å². The summed E-state index contributed by atoms with van der Waals surface area (Å²) in [6, 6.07) is 6.98. The fourth-order valence-corrected chi connectivity index (χ4v) is 3.98. The van der Waals surface area contributed by atoms with Crippen LogP contribution in [-0.2, 0) is 21.4 Å². The Balaban J connectivity index is 2.52. The van der Waals surface area contributed by atoms with Gasteiger partial charge in [0.15, 0.2) is 5.03 Å². The number of rotatable bonds is 7. The lowest BCUT2D eigenvalue weighted by atomic mass is 10.2. The number of imidazole rings is 1. The van der Waals surface area contributed by atoms with Crippen molar-refractivity contribution in [3.63, 3.8) is 0 Å². The van der Waals surface area contributed by atoms with Crippen molar-refractivity contribution in [3.05, 3.63) is 41.9 Å². The van der Waals surface area contributed by atoms with Crippen molar-refractivity contribution in [3.8, 4) is 0 Å². The summed E-state index contributed by atoms with van der Waals surface area (Å²) in [5.41, 5.74) is 1.21. The van der Waals surface area contributed by atoms with Crippen LogP contribution in [0.2, 0.25) is 0 Å². The molecule has 1 aromatic heterocycles. The number of aromatic nitrogens is 2. The normalized spacial score (nSPS) is 11.5. The first-order chi connectivity index (χ1) is 11.3. The molecule has 0 aliphatic carbocycles. The highest BCUT2D eigenvalue weighted by atomic mass is 32.2. The Morgan fingerprint density at radius 3 is 2.50 bits per heavy atom. The van der Waals surface area contributed by atoms with Crippen molar-refractivity contribution in [1.29, 1.82) is 0 Å². The zero-order chi connectivity index (χ0) is 17.9. The van der Waals surface area contributed by atoms with Crippen LogP contribution < -0.4 is 4.31 Å². The number of para-hydroxylation sites is 1. The number of carbonyl (C=O) groups is 1. The third-order valence-corrected chi connectivity index (χ3v) is 5.45. The lowest BCUT2D eigenvalue weighted by Crippen LogP contribution is -2.34. The Labute approximate surface area is 141 Å². The van der Waals surface area contributed by atoms with Crippen molar-refractivity contribution in [2.75, 3.05) is 10.8 Å². The van der Waals surface area contributed by atoms with Crippen LogP contribution >= 0.6 is 0 Å². The maximum Gasteiger partial charge on any atom is 0.305 e. The summed E-state index contributed by atoms with van der Waals surface area (Å²) in [6.45, 7) is 5.87. The van der Waals surface area contributed by atoms with Crippen LogP contribution in [0.25, 0.3) is 0 Å². The van der Waals surface area contributed by atoms with Crippen molar-refractivity contribution in [2.45, 2.75) is 38.8 Å². The molecule has 24 heavy (non-hydrogen) atoms. The van der Waals surface area contributed by atoms with Gasteiger partial charge in [0.25, 0.3) is 10.0 Å². The first-order valence-electron chi connectivity index (χ1n) is 7.61. The summed E-state index contributed by atoms with van der Waals surface area (Å²) in [6.07, 6.45) is 1.19. The Morgan fingerprint density at radius 2 is 1.96 bits per heavy atom. The van der Waals surface area contributed by atoms with Gasteiger partial charge < -0.3 is 9.67 Å². The second-order valence-electron chi connectivity index (χ2n) is 5.42. The van der Waals surface area contributed by atoms with Gasteiger partial charge in [-0.15, -0.1) is 0 Å². The molecular formula is C16H21N3O4S. The third-order valence-electron chi connectivity index (χ3n) is 3.76. The van der Waals surface area contributed by atoms with E-state index in [1.165, 1.54) is 6.20 Å². The number of hydrogen-bond acceptors (Lipinski definition) is 4. The van der Waals surface area contributed by atoms with E-state index in [0.717, 1.165) is 9.87 Å². The van der Waals surface area contributed by atoms with E-state index in [1.807, 2.05) is 6.92 Å². The second-order valence-corrected chi connectivity index (χ2v) is 7.23. The standard InChI is InChI=1S/C16H21N3O4S/c1-4-18-11-15(17-13(18)3)24(22,23)19(10-9-16(20)21)14-8-6-5-7-12(14)2/h5-8,11H,4,9-10H2,1-3H3,(H,20,21). The zero-order valence-electron chi connectivity index (χ0n) is 13.9. The van der Waals surface area contributed by atoms with Gasteiger partial charge in [-0.25, -0.2) is 4.98 Å². The van der Waals surface area contributed by atoms with Gasteiger partial charge in [-0.2, -0.15) is 8.42 Å². The summed E-state index contributed by atoms with van der Waals surface area (Å²) in [5.74, 6) is -0.460. The van der Waals surface area contributed by atoms with Crippen LogP contribution in [-0.4, -0.2) is 35.6 Å². The van der Waals surface area contributed by atoms with Crippen molar-refractivity contribution in [1.82, 2.24) is 9.55 Å². The number of anilines is 1. The number of benzene rings is 1. The van der Waals surface area contributed by atoms with E-state index < -0.39 is 16.0 Å². The average Bonchev–Trinajstić information content (AvgIpc) is 2.90. The molecule has 0 saturated heterocycles.